The molecular weight excluding hydrogens is 308 g/mol. The van der Waals surface area contributed by atoms with E-state index >= 15 is 0 Å². The number of rotatable bonds is 2. The van der Waals surface area contributed by atoms with Crippen LogP contribution < -0.4 is 4.74 Å². The zero-order valence-corrected chi connectivity index (χ0v) is 11.9. The highest BCUT2D eigenvalue weighted by Crippen LogP contribution is 2.33. The van der Waals surface area contributed by atoms with E-state index in [0.717, 1.165) is 28.1 Å². The molecule has 0 spiro atoms. The Morgan fingerprint density at radius 2 is 2.11 bits per heavy atom. The van der Waals surface area contributed by atoms with Crippen LogP contribution in [0.3, 0.4) is 0 Å². The molecule has 0 saturated carbocycles. The summed E-state index contributed by atoms with van der Waals surface area (Å²) < 4.78 is 11.6. The molecule has 1 saturated heterocycles. The smallest absolute Gasteiger partial charge is 0.340 e. The first-order chi connectivity index (χ1) is 9.25. The van der Waals surface area contributed by atoms with Gasteiger partial charge in [0.15, 0.2) is 6.10 Å². The van der Waals surface area contributed by atoms with Crippen molar-refractivity contribution in [3.8, 4) is 5.75 Å². The Labute approximate surface area is 119 Å². The monoisotopic (exact) mass is 320 g/mol. The summed E-state index contributed by atoms with van der Waals surface area (Å²) in [6.07, 6.45) is 1.24. The van der Waals surface area contributed by atoms with E-state index in [2.05, 4.69) is 15.9 Å². The number of fused-ring (bicyclic) bond motifs is 1. The van der Waals surface area contributed by atoms with Gasteiger partial charge in [-0.2, -0.15) is 0 Å². The van der Waals surface area contributed by atoms with Gasteiger partial charge in [-0.3, -0.25) is 0 Å². The average Bonchev–Trinajstić information content (AvgIpc) is 2.96. The van der Waals surface area contributed by atoms with Gasteiger partial charge in [0.25, 0.3) is 0 Å². The van der Waals surface area contributed by atoms with Crippen LogP contribution in [0.1, 0.15) is 12.8 Å². The van der Waals surface area contributed by atoms with Crippen LogP contribution in [0.4, 0.5) is 0 Å². The van der Waals surface area contributed by atoms with Gasteiger partial charge in [-0.25, -0.2) is 4.79 Å². The minimum absolute atomic E-state index is 0.312. The summed E-state index contributed by atoms with van der Waals surface area (Å²) in [5.74, 6) is 0.229. The van der Waals surface area contributed by atoms with E-state index in [4.69, 9.17) is 9.47 Å². The fourth-order valence-corrected chi connectivity index (χ4v) is 2.80. The molecule has 1 heterocycles. The molecular formula is C15H13BrO3. The lowest BCUT2D eigenvalue weighted by atomic mass is 10.1. The molecule has 3 nitrogen and oxygen atoms in total. The number of halogens is 1. The normalized spacial score (nSPS) is 18.7. The Morgan fingerprint density at radius 3 is 2.89 bits per heavy atom. The van der Waals surface area contributed by atoms with Crippen LogP contribution in [-0.4, -0.2) is 18.7 Å². The quantitative estimate of drug-likeness (QED) is 0.625. The fraction of sp³-hybridized carbons (Fsp3) is 0.267. The second-order valence-corrected chi connectivity index (χ2v) is 5.31. The third-order valence-electron chi connectivity index (χ3n) is 3.23. The highest BCUT2D eigenvalue weighted by Gasteiger charge is 2.26. The molecule has 98 valence electrons. The van der Waals surface area contributed by atoms with Crippen molar-refractivity contribution in [2.75, 3.05) is 6.61 Å². The largest absolute Gasteiger partial charge is 0.423 e. The minimum atomic E-state index is -0.418. The Morgan fingerprint density at radius 1 is 1.26 bits per heavy atom. The summed E-state index contributed by atoms with van der Waals surface area (Å²) >= 11 is 3.50. The van der Waals surface area contributed by atoms with Crippen LogP contribution in [0, 0.1) is 0 Å². The van der Waals surface area contributed by atoms with Crippen molar-refractivity contribution < 1.29 is 14.3 Å². The first kappa shape index (κ1) is 12.6. The second kappa shape index (κ2) is 5.31. The predicted octanol–water partition coefficient (Wildman–Crippen LogP) is 3.69. The first-order valence-electron chi connectivity index (χ1n) is 6.26. The predicted molar refractivity (Wildman–Crippen MR) is 76.3 cm³/mol. The summed E-state index contributed by atoms with van der Waals surface area (Å²) in [5, 5.41) is 2.13. The fourth-order valence-electron chi connectivity index (χ4n) is 2.23. The topological polar surface area (TPSA) is 35.5 Å². The van der Waals surface area contributed by atoms with Crippen LogP contribution in [0.15, 0.2) is 40.9 Å². The van der Waals surface area contributed by atoms with Gasteiger partial charge >= 0.3 is 5.97 Å². The van der Waals surface area contributed by atoms with Crippen LogP contribution >= 0.6 is 15.9 Å². The minimum Gasteiger partial charge on any atom is -0.423 e. The average molecular weight is 321 g/mol. The number of hydrogen-bond acceptors (Lipinski definition) is 3. The van der Waals surface area contributed by atoms with Crippen molar-refractivity contribution in [2.45, 2.75) is 18.9 Å². The molecule has 0 bridgehead atoms. The molecule has 0 amide bonds. The van der Waals surface area contributed by atoms with Crippen LogP contribution in [0.5, 0.6) is 5.75 Å². The number of esters is 1. The van der Waals surface area contributed by atoms with Crippen LogP contribution in [0.2, 0.25) is 0 Å². The van der Waals surface area contributed by atoms with Crippen molar-refractivity contribution in [2.24, 2.45) is 0 Å². The SMILES string of the molecule is O=C(Oc1ccc2ccccc2c1Br)[C@H]1CCCO1. The van der Waals surface area contributed by atoms with E-state index in [1.807, 2.05) is 30.3 Å². The molecule has 1 aliphatic rings. The molecule has 0 aromatic heterocycles. The molecule has 3 rings (SSSR count). The molecule has 19 heavy (non-hydrogen) atoms. The summed E-state index contributed by atoms with van der Waals surface area (Å²) in [7, 11) is 0. The van der Waals surface area contributed by atoms with E-state index in [1.165, 1.54) is 0 Å². The number of ether oxygens (including phenoxy) is 2. The number of carbonyl (C=O) groups is 1. The van der Waals surface area contributed by atoms with Crippen molar-refractivity contribution in [1.29, 1.82) is 0 Å². The first-order valence-corrected chi connectivity index (χ1v) is 7.05. The Balaban J connectivity index is 1.88. The van der Waals surface area contributed by atoms with Gasteiger partial charge in [-0.15, -0.1) is 0 Å². The Hall–Kier alpha value is -1.39. The standard InChI is InChI=1S/C15H13BrO3/c16-14-11-5-2-1-4-10(11)7-8-12(14)19-15(17)13-6-3-9-18-13/h1-2,4-5,7-8,13H,3,6,9H2/t13-/m1/s1. The molecule has 1 atom stereocenters. The van der Waals surface area contributed by atoms with Crippen LogP contribution in [-0.2, 0) is 9.53 Å². The molecule has 0 N–H and O–H groups in total. The molecule has 0 aliphatic carbocycles. The third-order valence-corrected chi connectivity index (χ3v) is 4.05. The van der Waals surface area contributed by atoms with Crippen molar-refractivity contribution in [3.63, 3.8) is 0 Å². The van der Waals surface area contributed by atoms with Crippen LogP contribution in [0.25, 0.3) is 10.8 Å². The number of hydrogen-bond donors (Lipinski definition) is 0. The van der Waals surface area contributed by atoms with E-state index in [9.17, 15) is 4.79 Å². The molecule has 4 heteroatoms. The highest BCUT2D eigenvalue weighted by atomic mass is 79.9. The van der Waals surface area contributed by atoms with E-state index in [1.54, 1.807) is 6.07 Å². The maximum Gasteiger partial charge on any atom is 0.340 e. The summed E-state index contributed by atoms with van der Waals surface area (Å²) in [6, 6.07) is 11.7. The molecule has 0 radical (unpaired) electrons. The summed E-state index contributed by atoms with van der Waals surface area (Å²) in [6.45, 7) is 0.638. The lowest BCUT2D eigenvalue weighted by Gasteiger charge is -2.12. The van der Waals surface area contributed by atoms with E-state index < -0.39 is 6.10 Å². The van der Waals surface area contributed by atoms with Gasteiger partial charge < -0.3 is 9.47 Å². The van der Waals surface area contributed by atoms with Gasteiger partial charge in [0.1, 0.15) is 5.75 Å². The third kappa shape index (κ3) is 2.51. The van der Waals surface area contributed by atoms with E-state index in [0.29, 0.717) is 12.4 Å². The van der Waals surface area contributed by atoms with Gasteiger partial charge in [0.05, 0.1) is 4.47 Å². The number of carbonyl (C=O) groups excluding carboxylic acids is 1. The second-order valence-electron chi connectivity index (χ2n) is 4.52. The zero-order valence-electron chi connectivity index (χ0n) is 10.3. The van der Waals surface area contributed by atoms with Gasteiger partial charge in [-0.05, 0) is 45.6 Å². The lowest BCUT2D eigenvalue weighted by molar-refractivity contribution is -0.144. The van der Waals surface area contributed by atoms with E-state index in [-0.39, 0.29) is 5.97 Å². The summed E-state index contributed by atoms with van der Waals surface area (Å²) in [5.41, 5.74) is 0. The molecule has 2 aromatic carbocycles. The van der Waals surface area contributed by atoms with Crippen molar-refractivity contribution in [1.82, 2.24) is 0 Å². The number of benzene rings is 2. The Bertz CT molecular complexity index is 618. The van der Waals surface area contributed by atoms with Gasteiger partial charge in [0, 0.05) is 6.61 Å². The summed E-state index contributed by atoms with van der Waals surface area (Å²) in [4.78, 5) is 11.9. The molecule has 1 fully saturated rings. The molecule has 0 unspecified atom stereocenters. The maximum atomic E-state index is 11.9. The lowest BCUT2D eigenvalue weighted by Crippen LogP contribution is -2.24. The van der Waals surface area contributed by atoms with Crippen molar-refractivity contribution in [3.05, 3.63) is 40.9 Å². The molecule has 1 aliphatic heterocycles. The van der Waals surface area contributed by atoms with Crippen molar-refractivity contribution >= 4 is 32.7 Å². The Kier molecular flexibility index (Phi) is 3.53. The maximum absolute atomic E-state index is 11.9. The van der Waals surface area contributed by atoms with Gasteiger partial charge in [0.2, 0.25) is 0 Å². The zero-order chi connectivity index (χ0) is 13.2. The van der Waals surface area contributed by atoms with Gasteiger partial charge in [-0.1, -0.05) is 30.3 Å². The molecule has 2 aromatic rings. The highest BCUT2D eigenvalue weighted by molar-refractivity contribution is 9.10.